The van der Waals surface area contributed by atoms with Crippen LogP contribution in [-0.2, 0) is 4.79 Å². The summed E-state index contributed by atoms with van der Waals surface area (Å²) in [5, 5.41) is 9.69. The number of hydrogen-bond donors (Lipinski definition) is 3. The van der Waals surface area contributed by atoms with Crippen LogP contribution in [-0.4, -0.2) is 50.6 Å². The van der Waals surface area contributed by atoms with Crippen LogP contribution in [0.4, 0.5) is 5.69 Å². The van der Waals surface area contributed by atoms with Gasteiger partial charge in [0.15, 0.2) is 5.96 Å². The molecule has 0 bridgehead atoms. The number of benzene rings is 1. The van der Waals surface area contributed by atoms with Gasteiger partial charge in [0.05, 0.1) is 0 Å². The molecule has 0 atom stereocenters. The van der Waals surface area contributed by atoms with Crippen LogP contribution in [0.2, 0.25) is 0 Å². The zero-order valence-electron chi connectivity index (χ0n) is 17.5. The smallest absolute Gasteiger partial charge is 0.220 e. The van der Waals surface area contributed by atoms with Crippen LogP contribution in [0.5, 0.6) is 0 Å². The fraction of sp³-hybridized carbons (Fsp3) is 0.619. The quantitative estimate of drug-likeness (QED) is 0.189. The molecule has 3 N–H and O–H groups in total. The first-order chi connectivity index (χ1) is 13.1. The molecule has 2 rings (SSSR count). The molecule has 1 aliphatic carbocycles. The van der Waals surface area contributed by atoms with Crippen LogP contribution < -0.4 is 20.9 Å². The number of anilines is 1. The topological polar surface area (TPSA) is 68.8 Å². The fourth-order valence-corrected chi connectivity index (χ4v) is 2.90. The first-order valence-corrected chi connectivity index (χ1v) is 10.3. The third-order valence-electron chi connectivity index (χ3n) is 4.54. The van der Waals surface area contributed by atoms with E-state index in [0.717, 1.165) is 51.4 Å². The van der Waals surface area contributed by atoms with Gasteiger partial charge in [-0.15, -0.1) is 24.0 Å². The van der Waals surface area contributed by atoms with Crippen molar-refractivity contribution < 1.29 is 4.79 Å². The average Bonchev–Trinajstić information content (AvgIpc) is 3.46. The van der Waals surface area contributed by atoms with Gasteiger partial charge in [-0.3, -0.25) is 9.79 Å². The molecule has 1 aromatic carbocycles. The second-order valence-corrected chi connectivity index (χ2v) is 7.05. The van der Waals surface area contributed by atoms with Gasteiger partial charge in [0.1, 0.15) is 0 Å². The minimum Gasteiger partial charge on any atom is -0.370 e. The van der Waals surface area contributed by atoms with E-state index in [9.17, 15) is 4.79 Å². The molecule has 0 heterocycles. The van der Waals surface area contributed by atoms with E-state index in [0.29, 0.717) is 19.0 Å². The monoisotopic (exact) mass is 501 g/mol. The van der Waals surface area contributed by atoms with E-state index in [-0.39, 0.29) is 29.9 Å². The molecule has 1 aliphatic rings. The summed E-state index contributed by atoms with van der Waals surface area (Å²) in [6.07, 6.45) is 3.60. The van der Waals surface area contributed by atoms with E-state index in [1.54, 1.807) is 0 Å². The van der Waals surface area contributed by atoms with E-state index < -0.39 is 0 Å². The Balaban J connectivity index is 0.00000392. The second-order valence-electron chi connectivity index (χ2n) is 7.05. The van der Waals surface area contributed by atoms with Crippen molar-refractivity contribution in [2.75, 3.05) is 37.6 Å². The molecule has 0 aromatic heterocycles. The number of aryl methyl sites for hydroxylation is 1. The summed E-state index contributed by atoms with van der Waals surface area (Å²) < 4.78 is 0. The van der Waals surface area contributed by atoms with Gasteiger partial charge >= 0.3 is 0 Å². The van der Waals surface area contributed by atoms with Crippen molar-refractivity contribution in [3.05, 3.63) is 29.8 Å². The first kappa shape index (κ1) is 24.5. The van der Waals surface area contributed by atoms with E-state index in [2.05, 4.69) is 70.9 Å². The lowest BCUT2D eigenvalue weighted by molar-refractivity contribution is -0.121. The number of nitrogens with zero attached hydrogens (tertiary/aromatic N) is 2. The predicted molar refractivity (Wildman–Crippen MR) is 129 cm³/mol. The van der Waals surface area contributed by atoms with E-state index in [1.807, 2.05) is 0 Å². The molecule has 0 radical (unpaired) electrons. The number of amides is 1. The highest BCUT2D eigenvalue weighted by Gasteiger charge is 2.22. The Morgan fingerprint density at radius 1 is 1.25 bits per heavy atom. The molecule has 7 heteroatoms. The van der Waals surface area contributed by atoms with Crippen molar-refractivity contribution in [1.29, 1.82) is 0 Å². The lowest BCUT2D eigenvalue weighted by Crippen LogP contribution is -2.41. The highest BCUT2D eigenvalue weighted by Crippen LogP contribution is 2.18. The maximum absolute atomic E-state index is 11.7. The van der Waals surface area contributed by atoms with Crippen LogP contribution in [0.1, 0.15) is 45.1 Å². The summed E-state index contributed by atoms with van der Waals surface area (Å²) >= 11 is 0. The Hall–Kier alpha value is -1.51. The molecule has 6 nitrogen and oxygen atoms in total. The van der Waals surface area contributed by atoms with Crippen molar-refractivity contribution in [2.45, 2.75) is 52.5 Å². The molecular formula is C21H36IN5O. The van der Waals surface area contributed by atoms with Crippen molar-refractivity contribution in [1.82, 2.24) is 16.0 Å². The van der Waals surface area contributed by atoms with E-state index >= 15 is 0 Å². The first-order valence-electron chi connectivity index (χ1n) is 10.3. The van der Waals surface area contributed by atoms with Gasteiger partial charge in [-0.25, -0.2) is 0 Å². The van der Waals surface area contributed by atoms with Crippen molar-refractivity contribution in [2.24, 2.45) is 4.99 Å². The second kappa shape index (κ2) is 13.6. The van der Waals surface area contributed by atoms with Crippen LogP contribution >= 0.6 is 24.0 Å². The molecule has 158 valence electrons. The number of aliphatic imine (C=N–C) groups is 1. The molecule has 1 saturated carbocycles. The standard InChI is InChI=1S/C21H35N5O.HI/c1-4-22-21(23-13-7-10-20(27)25-18-11-12-18)24-14-15-26(5-2)19-9-6-8-17(3)16-19;/h6,8-9,16,18H,4-5,7,10-15H2,1-3H3,(H,25,27)(H2,22,23,24);1H. The largest absolute Gasteiger partial charge is 0.370 e. The summed E-state index contributed by atoms with van der Waals surface area (Å²) in [6, 6.07) is 9.04. The third-order valence-corrected chi connectivity index (χ3v) is 4.54. The van der Waals surface area contributed by atoms with Crippen LogP contribution in [0.15, 0.2) is 29.3 Å². The van der Waals surface area contributed by atoms with E-state index in [4.69, 9.17) is 0 Å². The van der Waals surface area contributed by atoms with Gasteiger partial charge in [-0.1, -0.05) is 12.1 Å². The molecule has 1 aromatic rings. The van der Waals surface area contributed by atoms with Gasteiger partial charge in [0.25, 0.3) is 0 Å². The highest BCUT2D eigenvalue weighted by atomic mass is 127. The number of carbonyl (C=O) groups excluding carboxylic acids is 1. The van der Waals surface area contributed by atoms with Crippen LogP contribution in [0.25, 0.3) is 0 Å². The molecule has 0 aliphatic heterocycles. The SMILES string of the molecule is CCNC(=NCCCC(=O)NC1CC1)NCCN(CC)c1cccc(C)c1.I. The van der Waals surface area contributed by atoms with Gasteiger partial charge in [-0.2, -0.15) is 0 Å². The Morgan fingerprint density at radius 2 is 2.04 bits per heavy atom. The summed E-state index contributed by atoms with van der Waals surface area (Å²) in [5.74, 6) is 0.975. The zero-order chi connectivity index (χ0) is 19.5. The molecule has 0 spiro atoms. The van der Waals surface area contributed by atoms with Crippen molar-refractivity contribution in [3.8, 4) is 0 Å². The van der Waals surface area contributed by atoms with Gasteiger partial charge in [0, 0.05) is 50.9 Å². The minimum absolute atomic E-state index is 0. The number of likely N-dealkylation sites (N-methyl/N-ethyl adjacent to an activating group) is 1. The van der Waals surface area contributed by atoms with E-state index in [1.165, 1.54) is 11.3 Å². The molecule has 1 amide bonds. The van der Waals surface area contributed by atoms with Crippen molar-refractivity contribution in [3.63, 3.8) is 0 Å². The Kier molecular flexibility index (Phi) is 11.9. The van der Waals surface area contributed by atoms with Crippen molar-refractivity contribution >= 4 is 41.5 Å². The summed E-state index contributed by atoms with van der Waals surface area (Å²) in [4.78, 5) is 18.6. The molecular weight excluding hydrogens is 465 g/mol. The highest BCUT2D eigenvalue weighted by molar-refractivity contribution is 14.0. The number of halogens is 1. The number of hydrogen-bond acceptors (Lipinski definition) is 3. The zero-order valence-corrected chi connectivity index (χ0v) is 19.8. The molecule has 1 fully saturated rings. The Labute approximate surface area is 187 Å². The lowest BCUT2D eigenvalue weighted by Gasteiger charge is -2.24. The van der Waals surface area contributed by atoms with Crippen LogP contribution in [0.3, 0.4) is 0 Å². The summed E-state index contributed by atoms with van der Waals surface area (Å²) in [6.45, 7) is 10.5. The minimum atomic E-state index is 0. The number of rotatable bonds is 11. The molecule has 0 saturated heterocycles. The normalized spacial score (nSPS) is 13.5. The van der Waals surface area contributed by atoms with Gasteiger partial charge in [-0.05, 0) is 57.7 Å². The average molecular weight is 501 g/mol. The third kappa shape index (κ3) is 9.61. The van der Waals surface area contributed by atoms with Gasteiger partial charge in [0.2, 0.25) is 5.91 Å². The predicted octanol–water partition coefficient (Wildman–Crippen LogP) is 3.05. The Bertz CT molecular complexity index is 619. The lowest BCUT2D eigenvalue weighted by atomic mass is 10.2. The molecule has 28 heavy (non-hydrogen) atoms. The Morgan fingerprint density at radius 3 is 2.68 bits per heavy atom. The van der Waals surface area contributed by atoms with Gasteiger partial charge < -0.3 is 20.9 Å². The maximum Gasteiger partial charge on any atom is 0.220 e. The number of guanidine groups is 1. The molecule has 0 unspecified atom stereocenters. The van der Waals surface area contributed by atoms with Crippen LogP contribution in [0, 0.1) is 6.92 Å². The number of nitrogens with one attached hydrogen (secondary N) is 3. The summed E-state index contributed by atoms with van der Waals surface area (Å²) in [5.41, 5.74) is 2.53. The summed E-state index contributed by atoms with van der Waals surface area (Å²) in [7, 11) is 0. The maximum atomic E-state index is 11.7. The number of carbonyl (C=O) groups is 1. The fourth-order valence-electron chi connectivity index (χ4n) is 2.90.